The molecule has 0 saturated carbocycles. The van der Waals surface area contributed by atoms with Gasteiger partial charge in [-0.1, -0.05) is 109 Å². The molecule has 2 aliphatic carbocycles. The zero-order chi connectivity index (χ0) is 23.0. The Morgan fingerprint density at radius 3 is 1.26 bits per heavy atom. The lowest BCUT2D eigenvalue weighted by Gasteiger charge is -2.28. The van der Waals surface area contributed by atoms with E-state index >= 15 is 0 Å². The summed E-state index contributed by atoms with van der Waals surface area (Å²) < 4.78 is 0. The second kappa shape index (κ2) is 7.14. The van der Waals surface area contributed by atoms with Crippen molar-refractivity contribution in [3.05, 3.63) is 142 Å². The number of hydrogen-bond acceptors (Lipinski definition) is 2. The third-order valence-electron chi connectivity index (χ3n) is 7.50. The second-order valence-electron chi connectivity index (χ2n) is 9.28. The van der Waals surface area contributed by atoms with Crippen LogP contribution >= 0.6 is 22.7 Å². The van der Waals surface area contributed by atoms with Crippen LogP contribution in [0.1, 0.15) is 20.9 Å². The van der Waals surface area contributed by atoms with Crippen molar-refractivity contribution in [3.63, 3.8) is 0 Å². The van der Waals surface area contributed by atoms with Crippen molar-refractivity contribution in [3.8, 4) is 43.1 Å². The highest BCUT2D eigenvalue weighted by Crippen LogP contribution is 2.67. The summed E-state index contributed by atoms with van der Waals surface area (Å²) in [5, 5.41) is 0. The van der Waals surface area contributed by atoms with Gasteiger partial charge in [0.1, 0.15) is 0 Å². The summed E-state index contributed by atoms with van der Waals surface area (Å²) in [4.78, 5) is 5.62. The third-order valence-corrected chi connectivity index (χ3v) is 10.1. The summed E-state index contributed by atoms with van der Waals surface area (Å²) in [5.41, 5.74) is 10.7. The second-order valence-corrected chi connectivity index (χ2v) is 11.4. The summed E-state index contributed by atoms with van der Waals surface area (Å²) in [5.74, 6) is 0. The van der Waals surface area contributed by atoms with Gasteiger partial charge in [0, 0.05) is 19.5 Å². The molecule has 164 valence electrons. The molecule has 0 nitrogen and oxygen atoms in total. The molecule has 2 aliphatic rings. The summed E-state index contributed by atoms with van der Waals surface area (Å²) in [6.45, 7) is 0. The Morgan fingerprint density at radius 1 is 0.400 bits per heavy atom. The van der Waals surface area contributed by atoms with E-state index in [0.29, 0.717) is 0 Å². The molecule has 1 spiro atoms. The molecule has 2 heteroatoms. The van der Waals surface area contributed by atoms with Gasteiger partial charge in [0.05, 0.1) is 5.41 Å². The summed E-state index contributed by atoms with van der Waals surface area (Å²) in [7, 11) is 0. The lowest BCUT2D eigenvalue weighted by atomic mass is 9.78. The Kier molecular flexibility index (Phi) is 4.00. The van der Waals surface area contributed by atoms with Crippen LogP contribution in [0.15, 0.2) is 121 Å². The maximum atomic E-state index is 2.44. The van der Waals surface area contributed by atoms with Crippen LogP contribution in [-0.2, 0) is 5.41 Å². The topological polar surface area (TPSA) is 0 Å². The van der Waals surface area contributed by atoms with E-state index in [1.807, 2.05) is 22.7 Å². The molecule has 0 aliphatic heterocycles. The van der Waals surface area contributed by atoms with Crippen molar-refractivity contribution in [2.45, 2.75) is 5.41 Å². The van der Waals surface area contributed by atoms with Gasteiger partial charge >= 0.3 is 0 Å². The molecule has 0 radical (unpaired) electrons. The molecule has 0 N–H and O–H groups in total. The van der Waals surface area contributed by atoms with Crippen molar-refractivity contribution in [2.75, 3.05) is 0 Å². The van der Waals surface area contributed by atoms with Gasteiger partial charge < -0.3 is 0 Å². The number of thiophene rings is 2. The first-order valence-corrected chi connectivity index (χ1v) is 13.6. The van der Waals surface area contributed by atoms with E-state index in [1.165, 1.54) is 64.0 Å². The molecule has 0 atom stereocenters. The maximum absolute atomic E-state index is 2.44. The van der Waals surface area contributed by atoms with Gasteiger partial charge in [-0.3, -0.25) is 0 Å². The fraction of sp³-hybridized carbons (Fsp3) is 0.0303. The molecular formula is C33H20S2. The molecule has 4 aromatic carbocycles. The first-order valence-electron chi connectivity index (χ1n) is 11.9. The maximum Gasteiger partial charge on any atom is 0.0912 e. The van der Waals surface area contributed by atoms with E-state index in [2.05, 4.69) is 121 Å². The van der Waals surface area contributed by atoms with Gasteiger partial charge in [-0.2, -0.15) is 0 Å². The highest BCUT2D eigenvalue weighted by molar-refractivity contribution is 7.19. The number of rotatable bonds is 2. The normalized spacial score (nSPS) is 13.9. The highest BCUT2D eigenvalue weighted by atomic mass is 32.1. The van der Waals surface area contributed by atoms with E-state index in [1.54, 1.807) is 0 Å². The number of fused-ring (bicyclic) bond motifs is 10. The van der Waals surface area contributed by atoms with Crippen LogP contribution in [0.4, 0.5) is 0 Å². The molecular weight excluding hydrogens is 460 g/mol. The minimum atomic E-state index is -0.243. The first-order chi connectivity index (χ1) is 17.4. The predicted molar refractivity (Wildman–Crippen MR) is 149 cm³/mol. The zero-order valence-corrected chi connectivity index (χ0v) is 20.5. The summed E-state index contributed by atoms with van der Waals surface area (Å²) >= 11 is 3.94. The lowest BCUT2D eigenvalue weighted by molar-refractivity contribution is 0.830. The van der Waals surface area contributed by atoms with Crippen molar-refractivity contribution >= 4 is 22.7 Å². The Bertz CT molecular complexity index is 1600. The number of hydrogen-bond donors (Lipinski definition) is 0. The standard InChI is InChI=1S/C33H20S2/c1-3-11-21(12-4-1)29-19-25-26-20-30(22-13-5-2-6-14-22)35-32(26)33(31(25)34-29)27-17-9-7-15-23(27)24-16-8-10-18-28(24)33/h1-20H. The van der Waals surface area contributed by atoms with Crippen LogP contribution in [0.3, 0.4) is 0 Å². The molecule has 0 saturated heterocycles. The highest BCUT2D eigenvalue weighted by Gasteiger charge is 2.54. The molecule has 6 aromatic rings. The van der Waals surface area contributed by atoms with E-state index in [4.69, 9.17) is 0 Å². The average molecular weight is 481 g/mol. The van der Waals surface area contributed by atoms with Gasteiger partial charge in [0.2, 0.25) is 0 Å². The fourth-order valence-electron chi connectivity index (χ4n) is 6.06. The van der Waals surface area contributed by atoms with Crippen LogP contribution in [0, 0.1) is 0 Å². The van der Waals surface area contributed by atoms with Crippen molar-refractivity contribution in [2.24, 2.45) is 0 Å². The Morgan fingerprint density at radius 2 is 0.800 bits per heavy atom. The third kappa shape index (κ3) is 2.51. The molecule has 8 rings (SSSR count). The Labute approximate surface area is 212 Å². The van der Waals surface area contributed by atoms with E-state index in [9.17, 15) is 0 Å². The van der Waals surface area contributed by atoms with Crippen LogP contribution in [-0.4, -0.2) is 0 Å². The fourth-order valence-corrected chi connectivity index (χ4v) is 8.93. The van der Waals surface area contributed by atoms with Crippen molar-refractivity contribution in [1.29, 1.82) is 0 Å². The van der Waals surface area contributed by atoms with Gasteiger partial charge in [0.15, 0.2) is 0 Å². The Hall–Kier alpha value is -3.72. The number of benzene rings is 4. The van der Waals surface area contributed by atoms with E-state index in [0.717, 1.165) is 0 Å². The summed E-state index contributed by atoms with van der Waals surface area (Å²) in [6.07, 6.45) is 0. The zero-order valence-electron chi connectivity index (χ0n) is 18.9. The molecule has 0 amide bonds. The van der Waals surface area contributed by atoms with E-state index in [-0.39, 0.29) is 5.41 Å². The largest absolute Gasteiger partial charge is 0.138 e. The quantitative estimate of drug-likeness (QED) is 0.231. The van der Waals surface area contributed by atoms with Gasteiger partial charge in [-0.25, -0.2) is 0 Å². The SMILES string of the molecule is c1ccc(-c2cc3c(s2)C2(c4ccccc4-c4ccccc42)c2sc(-c4ccccc4)cc2-3)cc1. The molecule has 35 heavy (non-hydrogen) atoms. The van der Waals surface area contributed by atoms with E-state index < -0.39 is 0 Å². The van der Waals surface area contributed by atoms with Crippen LogP contribution in [0.2, 0.25) is 0 Å². The van der Waals surface area contributed by atoms with Crippen molar-refractivity contribution < 1.29 is 0 Å². The molecule has 0 bridgehead atoms. The van der Waals surface area contributed by atoms with Crippen LogP contribution in [0.5, 0.6) is 0 Å². The first kappa shape index (κ1) is 19.6. The van der Waals surface area contributed by atoms with Gasteiger partial charge in [-0.15, -0.1) is 22.7 Å². The molecule has 2 aromatic heterocycles. The Balaban J connectivity index is 1.49. The average Bonchev–Trinajstić information content (AvgIpc) is 3.66. The molecule has 0 fully saturated rings. The molecule has 0 unspecified atom stereocenters. The van der Waals surface area contributed by atoms with Gasteiger partial charge in [-0.05, 0) is 56.6 Å². The molecule has 2 heterocycles. The van der Waals surface area contributed by atoms with Crippen LogP contribution < -0.4 is 0 Å². The summed E-state index contributed by atoms with van der Waals surface area (Å²) in [6, 6.07) is 44.6. The monoisotopic (exact) mass is 480 g/mol. The van der Waals surface area contributed by atoms with Crippen LogP contribution in [0.25, 0.3) is 43.1 Å². The smallest absolute Gasteiger partial charge is 0.0912 e. The minimum Gasteiger partial charge on any atom is -0.138 e. The van der Waals surface area contributed by atoms with Gasteiger partial charge in [0.25, 0.3) is 0 Å². The lowest BCUT2D eigenvalue weighted by Crippen LogP contribution is -2.23. The minimum absolute atomic E-state index is 0.243. The predicted octanol–water partition coefficient (Wildman–Crippen LogP) is 9.49. The van der Waals surface area contributed by atoms with Crippen molar-refractivity contribution in [1.82, 2.24) is 0 Å².